The summed E-state index contributed by atoms with van der Waals surface area (Å²) in [7, 11) is 1.60. The Bertz CT molecular complexity index is 550. The third kappa shape index (κ3) is 3.52. The van der Waals surface area contributed by atoms with Crippen LogP contribution in [0.15, 0.2) is 36.4 Å². The molecule has 0 aliphatic rings. The summed E-state index contributed by atoms with van der Waals surface area (Å²) in [6.07, 6.45) is 0.850. The van der Waals surface area contributed by atoms with E-state index < -0.39 is 0 Å². The number of rotatable bonds is 5. The molecule has 2 aromatic rings. The predicted molar refractivity (Wildman–Crippen MR) is 79.3 cm³/mol. The van der Waals surface area contributed by atoms with E-state index in [2.05, 4.69) is 12.1 Å². The Morgan fingerprint density at radius 3 is 2.15 bits per heavy atom. The van der Waals surface area contributed by atoms with Crippen LogP contribution in [-0.4, -0.2) is 19.0 Å². The molecule has 2 rings (SSSR count). The molecule has 0 aromatic heterocycles. The van der Waals surface area contributed by atoms with Gasteiger partial charge in [0.25, 0.3) is 0 Å². The standard InChI is InChI=1S/C17H20O3/c1-12-8-15(18)9-13(2)17(12)10-14-4-6-16(7-5-14)20-11-19-3/h4-9,18H,10-11H2,1-3H3. The first-order valence-corrected chi connectivity index (χ1v) is 6.60. The maximum Gasteiger partial charge on any atom is 0.188 e. The fourth-order valence-electron chi connectivity index (χ4n) is 2.28. The van der Waals surface area contributed by atoms with Crippen LogP contribution in [0.2, 0.25) is 0 Å². The van der Waals surface area contributed by atoms with Gasteiger partial charge >= 0.3 is 0 Å². The molecule has 3 nitrogen and oxygen atoms in total. The number of methoxy groups -OCH3 is 1. The van der Waals surface area contributed by atoms with E-state index in [0.29, 0.717) is 5.75 Å². The van der Waals surface area contributed by atoms with Crippen LogP contribution >= 0.6 is 0 Å². The molecule has 0 fully saturated rings. The van der Waals surface area contributed by atoms with E-state index in [4.69, 9.17) is 9.47 Å². The second-order valence-corrected chi connectivity index (χ2v) is 4.93. The number of aromatic hydroxyl groups is 1. The lowest BCUT2D eigenvalue weighted by Gasteiger charge is -2.11. The molecule has 0 bridgehead atoms. The van der Waals surface area contributed by atoms with Gasteiger partial charge < -0.3 is 14.6 Å². The van der Waals surface area contributed by atoms with Crippen LogP contribution in [0.3, 0.4) is 0 Å². The fraction of sp³-hybridized carbons (Fsp3) is 0.294. The Hall–Kier alpha value is -2.00. The highest BCUT2D eigenvalue weighted by Crippen LogP contribution is 2.24. The molecule has 0 saturated carbocycles. The van der Waals surface area contributed by atoms with Crippen molar-refractivity contribution in [1.29, 1.82) is 0 Å². The molecule has 0 radical (unpaired) electrons. The highest BCUT2D eigenvalue weighted by molar-refractivity contribution is 5.43. The Kier molecular flexibility index (Phi) is 4.64. The average Bonchev–Trinajstić information content (AvgIpc) is 2.42. The zero-order valence-electron chi connectivity index (χ0n) is 12.1. The molecule has 0 saturated heterocycles. The maximum absolute atomic E-state index is 9.57. The molecular formula is C17H20O3. The molecular weight excluding hydrogens is 252 g/mol. The number of aryl methyl sites for hydroxylation is 2. The van der Waals surface area contributed by atoms with E-state index in [-0.39, 0.29) is 6.79 Å². The summed E-state index contributed by atoms with van der Waals surface area (Å²) in [4.78, 5) is 0. The van der Waals surface area contributed by atoms with E-state index >= 15 is 0 Å². The molecule has 3 heteroatoms. The predicted octanol–water partition coefficient (Wildman–Crippen LogP) is 3.58. The second kappa shape index (κ2) is 6.44. The SMILES string of the molecule is COCOc1ccc(Cc2c(C)cc(O)cc2C)cc1. The molecule has 106 valence electrons. The largest absolute Gasteiger partial charge is 0.508 e. The van der Waals surface area contributed by atoms with Crippen molar-refractivity contribution in [1.82, 2.24) is 0 Å². The van der Waals surface area contributed by atoms with Crippen LogP contribution in [-0.2, 0) is 11.2 Å². The van der Waals surface area contributed by atoms with Crippen LogP contribution in [0.5, 0.6) is 11.5 Å². The van der Waals surface area contributed by atoms with Crippen LogP contribution in [0.1, 0.15) is 22.3 Å². The number of benzene rings is 2. The molecule has 0 unspecified atom stereocenters. The van der Waals surface area contributed by atoms with Gasteiger partial charge in [-0.15, -0.1) is 0 Å². The highest BCUT2D eigenvalue weighted by Gasteiger charge is 2.06. The van der Waals surface area contributed by atoms with E-state index in [1.54, 1.807) is 19.2 Å². The first-order valence-electron chi connectivity index (χ1n) is 6.60. The minimum atomic E-state index is 0.259. The Morgan fingerprint density at radius 1 is 1.00 bits per heavy atom. The molecule has 20 heavy (non-hydrogen) atoms. The van der Waals surface area contributed by atoms with Crippen LogP contribution in [0.25, 0.3) is 0 Å². The lowest BCUT2D eigenvalue weighted by atomic mass is 9.96. The van der Waals surface area contributed by atoms with E-state index in [0.717, 1.165) is 23.3 Å². The minimum absolute atomic E-state index is 0.259. The lowest BCUT2D eigenvalue weighted by Crippen LogP contribution is -1.99. The number of ether oxygens (including phenoxy) is 2. The van der Waals surface area contributed by atoms with Gasteiger partial charge in [-0.2, -0.15) is 0 Å². The highest BCUT2D eigenvalue weighted by atomic mass is 16.7. The molecule has 0 atom stereocenters. The summed E-state index contributed by atoms with van der Waals surface area (Å²) in [5.74, 6) is 1.13. The van der Waals surface area contributed by atoms with Gasteiger partial charge in [-0.05, 0) is 66.8 Å². The molecule has 0 spiro atoms. The van der Waals surface area contributed by atoms with Crippen molar-refractivity contribution in [3.8, 4) is 11.5 Å². The van der Waals surface area contributed by atoms with Gasteiger partial charge in [-0.3, -0.25) is 0 Å². The molecule has 1 N–H and O–H groups in total. The van der Waals surface area contributed by atoms with Gasteiger partial charge in [-0.1, -0.05) is 12.1 Å². The Morgan fingerprint density at radius 2 is 1.60 bits per heavy atom. The second-order valence-electron chi connectivity index (χ2n) is 4.93. The van der Waals surface area contributed by atoms with E-state index in [1.165, 1.54) is 11.1 Å². The van der Waals surface area contributed by atoms with Crippen molar-refractivity contribution in [3.05, 3.63) is 58.7 Å². The molecule has 0 aliphatic carbocycles. The van der Waals surface area contributed by atoms with Crippen LogP contribution in [0, 0.1) is 13.8 Å². The van der Waals surface area contributed by atoms with Gasteiger partial charge in [0.15, 0.2) is 6.79 Å². The molecule has 0 heterocycles. The van der Waals surface area contributed by atoms with Crippen molar-refractivity contribution in [2.45, 2.75) is 20.3 Å². The van der Waals surface area contributed by atoms with Gasteiger partial charge in [0.1, 0.15) is 11.5 Å². The van der Waals surface area contributed by atoms with E-state index in [1.807, 2.05) is 26.0 Å². The van der Waals surface area contributed by atoms with Crippen molar-refractivity contribution in [3.63, 3.8) is 0 Å². The number of phenolic OH excluding ortho intramolecular Hbond substituents is 1. The van der Waals surface area contributed by atoms with Gasteiger partial charge in [0.2, 0.25) is 0 Å². The first kappa shape index (κ1) is 14.4. The Labute approximate surface area is 119 Å². The maximum atomic E-state index is 9.57. The number of hydrogen-bond acceptors (Lipinski definition) is 3. The van der Waals surface area contributed by atoms with Crippen molar-refractivity contribution in [2.75, 3.05) is 13.9 Å². The summed E-state index contributed by atoms with van der Waals surface area (Å²) in [6, 6.07) is 11.6. The first-order chi connectivity index (χ1) is 9.60. The lowest BCUT2D eigenvalue weighted by molar-refractivity contribution is 0.0511. The van der Waals surface area contributed by atoms with Gasteiger partial charge in [-0.25, -0.2) is 0 Å². The van der Waals surface area contributed by atoms with E-state index in [9.17, 15) is 5.11 Å². The van der Waals surface area contributed by atoms with Crippen molar-refractivity contribution in [2.24, 2.45) is 0 Å². The summed E-state index contributed by atoms with van der Waals surface area (Å²) in [6.45, 7) is 4.31. The molecule has 2 aromatic carbocycles. The third-order valence-corrected chi connectivity index (χ3v) is 3.33. The third-order valence-electron chi connectivity index (χ3n) is 3.33. The van der Waals surface area contributed by atoms with Crippen molar-refractivity contribution >= 4 is 0 Å². The molecule has 0 aliphatic heterocycles. The quantitative estimate of drug-likeness (QED) is 0.845. The zero-order chi connectivity index (χ0) is 14.5. The minimum Gasteiger partial charge on any atom is -0.508 e. The topological polar surface area (TPSA) is 38.7 Å². The van der Waals surface area contributed by atoms with Gasteiger partial charge in [0, 0.05) is 7.11 Å². The summed E-state index contributed by atoms with van der Waals surface area (Å²) in [5, 5.41) is 9.57. The van der Waals surface area contributed by atoms with Crippen LogP contribution in [0.4, 0.5) is 0 Å². The average molecular weight is 272 g/mol. The number of phenols is 1. The van der Waals surface area contributed by atoms with Gasteiger partial charge in [0.05, 0.1) is 0 Å². The summed E-state index contributed by atoms with van der Waals surface area (Å²) in [5.41, 5.74) is 4.70. The van der Waals surface area contributed by atoms with Crippen LogP contribution < -0.4 is 4.74 Å². The monoisotopic (exact) mass is 272 g/mol. The smallest absolute Gasteiger partial charge is 0.188 e. The Balaban J connectivity index is 2.14. The van der Waals surface area contributed by atoms with Crippen molar-refractivity contribution < 1.29 is 14.6 Å². The molecule has 0 amide bonds. The summed E-state index contributed by atoms with van der Waals surface area (Å²) >= 11 is 0. The fourth-order valence-corrected chi connectivity index (χ4v) is 2.28. The summed E-state index contributed by atoms with van der Waals surface area (Å²) < 4.78 is 10.2. The zero-order valence-corrected chi connectivity index (χ0v) is 12.1. The normalized spacial score (nSPS) is 10.6. The number of hydrogen-bond donors (Lipinski definition) is 1.